The lowest BCUT2D eigenvalue weighted by Crippen LogP contribution is -2.17. The van der Waals surface area contributed by atoms with Crippen LogP contribution in [0, 0.1) is 6.92 Å². The fourth-order valence-electron chi connectivity index (χ4n) is 2.24. The summed E-state index contributed by atoms with van der Waals surface area (Å²) >= 11 is 5.86. The molecule has 0 saturated carbocycles. The number of hydrogen-bond donors (Lipinski definition) is 1. The number of carbonyl (C=O) groups is 1. The maximum atomic E-state index is 11.9. The molecule has 6 heteroatoms. The van der Waals surface area contributed by atoms with Crippen LogP contribution in [0.25, 0.3) is 0 Å². The normalized spacial score (nSPS) is 10.8. The average molecular weight is 369 g/mol. The average Bonchev–Trinajstić information content (AvgIpc) is 3.08. The molecule has 0 fully saturated rings. The number of aryl methyl sites for hydroxylation is 1. The lowest BCUT2D eigenvalue weighted by Gasteiger charge is -2.06. The first-order valence-corrected chi connectivity index (χ1v) is 8.34. The molecule has 5 nitrogen and oxygen atoms in total. The van der Waals surface area contributed by atoms with Crippen molar-refractivity contribution in [3.05, 3.63) is 88.3 Å². The summed E-state index contributed by atoms with van der Waals surface area (Å²) in [6.45, 7) is 2.19. The van der Waals surface area contributed by atoms with Gasteiger partial charge in [-0.3, -0.25) is 4.79 Å². The Bertz CT molecular complexity index is 900. The minimum absolute atomic E-state index is 0.310. The Morgan fingerprint density at radius 3 is 2.54 bits per heavy atom. The van der Waals surface area contributed by atoms with E-state index in [0.717, 1.165) is 16.9 Å². The number of hydrogen-bond acceptors (Lipinski definition) is 4. The van der Waals surface area contributed by atoms with Crippen LogP contribution in [0.15, 0.2) is 70.4 Å². The van der Waals surface area contributed by atoms with Crippen LogP contribution in [0.5, 0.6) is 5.75 Å². The Balaban J connectivity index is 1.51. The number of nitrogens with one attached hydrogen (secondary N) is 1. The van der Waals surface area contributed by atoms with Gasteiger partial charge in [-0.25, -0.2) is 5.43 Å². The second kappa shape index (κ2) is 8.36. The first-order chi connectivity index (χ1) is 12.6. The molecule has 0 unspecified atom stereocenters. The molecule has 26 heavy (non-hydrogen) atoms. The molecule has 1 aromatic heterocycles. The van der Waals surface area contributed by atoms with Crippen LogP contribution in [0.3, 0.4) is 0 Å². The Hall–Kier alpha value is -3.05. The summed E-state index contributed by atoms with van der Waals surface area (Å²) in [6.07, 6.45) is 3.03. The van der Waals surface area contributed by atoms with Crippen molar-refractivity contribution in [3.63, 3.8) is 0 Å². The monoisotopic (exact) mass is 368 g/mol. The third-order valence-electron chi connectivity index (χ3n) is 3.68. The Morgan fingerprint density at radius 1 is 1.15 bits per heavy atom. The highest BCUT2D eigenvalue weighted by molar-refractivity contribution is 6.30. The SMILES string of the molecule is Cc1occc1C(=O)N/N=C\c1ccc(OCc2ccc(Cl)cc2)cc1. The molecule has 0 aliphatic carbocycles. The second-order valence-corrected chi connectivity index (χ2v) is 6.01. The number of nitrogens with zero attached hydrogens (tertiary/aromatic N) is 1. The fourth-order valence-corrected chi connectivity index (χ4v) is 2.37. The van der Waals surface area contributed by atoms with Crippen LogP contribution in [0.4, 0.5) is 0 Å². The zero-order valence-electron chi connectivity index (χ0n) is 14.1. The molecular weight excluding hydrogens is 352 g/mol. The summed E-state index contributed by atoms with van der Waals surface area (Å²) in [6, 6.07) is 16.5. The van der Waals surface area contributed by atoms with Crippen molar-refractivity contribution in [2.24, 2.45) is 5.10 Å². The summed E-state index contributed by atoms with van der Waals surface area (Å²) in [7, 11) is 0. The standard InChI is InChI=1S/C20H17ClN2O3/c1-14-19(10-11-25-14)20(24)23-22-12-15-4-8-18(9-5-15)26-13-16-2-6-17(21)7-3-16/h2-12H,13H2,1H3,(H,23,24)/b22-12-. The van der Waals surface area contributed by atoms with Crippen molar-refractivity contribution in [2.75, 3.05) is 0 Å². The maximum Gasteiger partial charge on any atom is 0.274 e. The summed E-state index contributed by atoms with van der Waals surface area (Å²) in [5, 5.41) is 4.65. The first kappa shape index (κ1) is 17.8. The predicted octanol–water partition coefficient (Wildman–Crippen LogP) is 4.58. The molecule has 0 aliphatic rings. The molecule has 0 saturated heterocycles. The van der Waals surface area contributed by atoms with Crippen LogP contribution in [0.1, 0.15) is 27.2 Å². The molecule has 132 valence electrons. The highest BCUT2D eigenvalue weighted by Gasteiger charge is 2.09. The minimum Gasteiger partial charge on any atom is -0.489 e. The largest absolute Gasteiger partial charge is 0.489 e. The van der Waals surface area contributed by atoms with Crippen LogP contribution in [-0.2, 0) is 6.61 Å². The van der Waals surface area contributed by atoms with Gasteiger partial charge in [0.05, 0.1) is 18.0 Å². The number of amides is 1. The van der Waals surface area contributed by atoms with Gasteiger partial charge in [-0.1, -0.05) is 23.7 Å². The number of furan rings is 1. The quantitative estimate of drug-likeness (QED) is 0.511. The van der Waals surface area contributed by atoms with E-state index < -0.39 is 0 Å². The number of ether oxygens (including phenoxy) is 1. The molecular formula is C20H17ClN2O3. The molecule has 0 bridgehead atoms. The maximum absolute atomic E-state index is 11.9. The zero-order chi connectivity index (χ0) is 18.4. The minimum atomic E-state index is -0.310. The summed E-state index contributed by atoms with van der Waals surface area (Å²) in [5.74, 6) is 0.991. The third-order valence-corrected chi connectivity index (χ3v) is 3.93. The van der Waals surface area contributed by atoms with E-state index in [0.29, 0.717) is 23.0 Å². The molecule has 0 atom stereocenters. The zero-order valence-corrected chi connectivity index (χ0v) is 14.9. The molecule has 1 N–H and O–H groups in total. The molecule has 1 heterocycles. The van der Waals surface area contributed by atoms with E-state index in [4.69, 9.17) is 20.8 Å². The van der Waals surface area contributed by atoms with Gasteiger partial charge in [0.25, 0.3) is 5.91 Å². The Morgan fingerprint density at radius 2 is 1.88 bits per heavy atom. The second-order valence-electron chi connectivity index (χ2n) is 5.57. The molecule has 3 aromatic rings. The van der Waals surface area contributed by atoms with Crippen molar-refractivity contribution in [3.8, 4) is 5.75 Å². The number of benzene rings is 2. The predicted molar refractivity (Wildman–Crippen MR) is 101 cm³/mol. The number of halogens is 1. The molecule has 0 spiro atoms. The van der Waals surface area contributed by atoms with E-state index in [-0.39, 0.29) is 5.91 Å². The van der Waals surface area contributed by atoms with Crippen LogP contribution in [0.2, 0.25) is 5.02 Å². The number of carbonyl (C=O) groups excluding carboxylic acids is 1. The van der Waals surface area contributed by atoms with Crippen molar-refractivity contribution < 1.29 is 13.9 Å². The van der Waals surface area contributed by atoms with E-state index in [1.807, 2.05) is 48.5 Å². The smallest absolute Gasteiger partial charge is 0.274 e. The highest BCUT2D eigenvalue weighted by atomic mass is 35.5. The van der Waals surface area contributed by atoms with Gasteiger partial charge in [0.15, 0.2) is 0 Å². The Kier molecular flexibility index (Phi) is 5.71. The van der Waals surface area contributed by atoms with E-state index >= 15 is 0 Å². The van der Waals surface area contributed by atoms with Gasteiger partial charge in [0.1, 0.15) is 18.1 Å². The Labute approximate surface area is 156 Å². The topological polar surface area (TPSA) is 63.8 Å². The van der Waals surface area contributed by atoms with Crippen LogP contribution in [-0.4, -0.2) is 12.1 Å². The van der Waals surface area contributed by atoms with E-state index in [1.54, 1.807) is 19.2 Å². The van der Waals surface area contributed by atoms with Crippen molar-refractivity contribution in [2.45, 2.75) is 13.5 Å². The summed E-state index contributed by atoms with van der Waals surface area (Å²) < 4.78 is 10.8. The number of rotatable bonds is 6. The lowest BCUT2D eigenvalue weighted by molar-refractivity contribution is 0.0953. The van der Waals surface area contributed by atoms with E-state index in [9.17, 15) is 4.79 Å². The van der Waals surface area contributed by atoms with Crippen molar-refractivity contribution >= 4 is 23.7 Å². The van der Waals surface area contributed by atoms with Crippen LogP contribution >= 0.6 is 11.6 Å². The van der Waals surface area contributed by atoms with Gasteiger partial charge in [-0.05, 0) is 60.5 Å². The van der Waals surface area contributed by atoms with E-state index in [1.165, 1.54) is 6.26 Å². The van der Waals surface area contributed by atoms with Gasteiger partial charge in [-0.15, -0.1) is 0 Å². The molecule has 2 aromatic carbocycles. The van der Waals surface area contributed by atoms with Crippen molar-refractivity contribution in [1.29, 1.82) is 0 Å². The van der Waals surface area contributed by atoms with E-state index in [2.05, 4.69) is 10.5 Å². The van der Waals surface area contributed by atoms with Gasteiger partial charge in [0.2, 0.25) is 0 Å². The summed E-state index contributed by atoms with van der Waals surface area (Å²) in [5.41, 5.74) is 4.81. The molecule has 0 aliphatic heterocycles. The molecule has 1 amide bonds. The molecule has 0 radical (unpaired) electrons. The van der Waals surface area contributed by atoms with Gasteiger partial charge in [0, 0.05) is 5.02 Å². The van der Waals surface area contributed by atoms with Crippen molar-refractivity contribution in [1.82, 2.24) is 5.43 Å². The lowest BCUT2D eigenvalue weighted by atomic mass is 10.2. The van der Waals surface area contributed by atoms with Gasteiger partial charge >= 0.3 is 0 Å². The third kappa shape index (κ3) is 4.74. The highest BCUT2D eigenvalue weighted by Crippen LogP contribution is 2.15. The van der Waals surface area contributed by atoms with Crippen LogP contribution < -0.4 is 10.2 Å². The fraction of sp³-hybridized carbons (Fsp3) is 0.100. The van der Waals surface area contributed by atoms with Gasteiger partial charge < -0.3 is 9.15 Å². The number of hydrazone groups is 1. The first-order valence-electron chi connectivity index (χ1n) is 7.96. The van der Waals surface area contributed by atoms with Gasteiger partial charge in [-0.2, -0.15) is 5.10 Å². The summed E-state index contributed by atoms with van der Waals surface area (Å²) in [4.78, 5) is 11.9. The molecule has 3 rings (SSSR count).